The van der Waals surface area contributed by atoms with Gasteiger partial charge in [-0.05, 0) is 19.1 Å². The van der Waals surface area contributed by atoms with Crippen molar-refractivity contribution in [1.29, 1.82) is 0 Å². The minimum Gasteiger partial charge on any atom is -0.290 e. The molecule has 2 aromatic rings. The van der Waals surface area contributed by atoms with Crippen molar-refractivity contribution in [1.82, 2.24) is 15.2 Å². The van der Waals surface area contributed by atoms with Gasteiger partial charge in [0.05, 0.1) is 17.4 Å². The Morgan fingerprint density at radius 3 is 2.69 bits per heavy atom. The lowest BCUT2D eigenvalue weighted by atomic mass is 10.2. The molecule has 0 bridgehead atoms. The van der Waals surface area contributed by atoms with Crippen LogP contribution in [0, 0.1) is 6.92 Å². The quantitative estimate of drug-likeness (QED) is 0.442. The van der Waals surface area contributed by atoms with E-state index < -0.39 is 0 Å². The van der Waals surface area contributed by atoms with Gasteiger partial charge in [-0.1, -0.05) is 17.7 Å². The normalized spacial score (nSPS) is 10.1. The lowest BCUT2D eigenvalue weighted by molar-refractivity contribution is 0.0953. The van der Waals surface area contributed by atoms with Crippen LogP contribution in [0.4, 0.5) is 0 Å². The Bertz CT molecular complexity index is 501. The summed E-state index contributed by atoms with van der Waals surface area (Å²) in [6.45, 7) is 2.01. The fraction of sp³-hybridized carbons (Fsp3) is 0.0909. The third-order valence-corrected chi connectivity index (χ3v) is 2.27. The number of aryl methyl sites for hydroxylation is 1. The summed E-state index contributed by atoms with van der Waals surface area (Å²) in [6, 6.07) is 7.85. The fourth-order valence-electron chi connectivity index (χ4n) is 1.36. The van der Waals surface area contributed by atoms with E-state index in [4.69, 9.17) is 5.84 Å². The van der Waals surface area contributed by atoms with E-state index in [-0.39, 0.29) is 5.91 Å². The van der Waals surface area contributed by atoms with Gasteiger partial charge in [0.2, 0.25) is 0 Å². The first-order valence-corrected chi connectivity index (χ1v) is 4.83. The predicted octanol–water partition coefficient (Wildman–Crippen LogP) is 0.784. The van der Waals surface area contributed by atoms with Crippen molar-refractivity contribution in [2.24, 2.45) is 5.84 Å². The summed E-state index contributed by atoms with van der Waals surface area (Å²) in [5.74, 6) is 4.69. The first-order valence-electron chi connectivity index (χ1n) is 4.83. The minimum absolute atomic E-state index is 0.349. The molecule has 5 nitrogen and oxygen atoms in total. The molecule has 0 radical (unpaired) electrons. The van der Waals surface area contributed by atoms with Crippen molar-refractivity contribution in [3.8, 4) is 5.69 Å². The molecule has 1 amide bonds. The monoisotopic (exact) mass is 216 g/mol. The Kier molecular flexibility index (Phi) is 2.70. The number of hydrazine groups is 1. The smallest absolute Gasteiger partial charge is 0.268 e. The van der Waals surface area contributed by atoms with Crippen LogP contribution < -0.4 is 11.3 Å². The summed E-state index contributed by atoms with van der Waals surface area (Å²) >= 11 is 0. The van der Waals surface area contributed by atoms with Crippen LogP contribution in [-0.2, 0) is 0 Å². The largest absolute Gasteiger partial charge is 0.290 e. The first kappa shape index (κ1) is 10.4. The number of hydrogen-bond acceptors (Lipinski definition) is 3. The highest BCUT2D eigenvalue weighted by Crippen LogP contribution is 2.09. The van der Waals surface area contributed by atoms with E-state index in [1.807, 2.05) is 31.2 Å². The van der Waals surface area contributed by atoms with Crippen LogP contribution in [0.25, 0.3) is 5.69 Å². The number of nitrogens with two attached hydrogens (primary N) is 1. The zero-order valence-electron chi connectivity index (χ0n) is 8.84. The Morgan fingerprint density at radius 1 is 1.38 bits per heavy atom. The number of nitrogens with one attached hydrogen (secondary N) is 1. The number of rotatable bonds is 2. The van der Waals surface area contributed by atoms with Gasteiger partial charge in [-0.25, -0.2) is 10.5 Å². The van der Waals surface area contributed by atoms with Crippen LogP contribution in [0.15, 0.2) is 36.7 Å². The number of aromatic nitrogens is 2. The van der Waals surface area contributed by atoms with E-state index in [2.05, 4.69) is 10.5 Å². The molecular formula is C11H12N4O. The van der Waals surface area contributed by atoms with Gasteiger partial charge >= 0.3 is 0 Å². The number of amides is 1. The number of hydrogen-bond donors (Lipinski definition) is 2. The lowest BCUT2D eigenvalue weighted by Gasteiger charge is -2.00. The molecule has 0 atom stereocenters. The van der Waals surface area contributed by atoms with Crippen LogP contribution in [0.3, 0.4) is 0 Å². The van der Waals surface area contributed by atoms with Crippen molar-refractivity contribution in [2.45, 2.75) is 6.92 Å². The molecule has 0 aliphatic rings. The topological polar surface area (TPSA) is 72.9 Å². The molecule has 16 heavy (non-hydrogen) atoms. The molecule has 2 rings (SSSR count). The number of benzene rings is 1. The Balaban J connectivity index is 2.31. The molecular weight excluding hydrogens is 204 g/mol. The standard InChI is InChI=1S/C11H12N4O/c1-8-2-4-10(5-3-8)15-7-9(6-13-15)11(16)14-12/h2-7H,12H2,1H3,(H,14,16). The molecule has 0 spiro atoms. The Labute approximate surface area is 92.8 Å². The Morgan fingerprint density at radius 2 is 2.06 bits per heavy atom. The second kappa shape index (κ2) is 4.16. The van der Waals surface area contributed by atoms with Crippen LogP contribution in [0.2, 0.25) is 0 Å². The van der Waals surface area contributed by atoms with E-state index in [0.29, 0.717) is 5.56 Å². The van der Waals surface area contributed by atoms with Crippen molar-refractivity contribution in [3.63, 3.8) is 0 Å². The molecule has 0 unspecified atom stereocenters. The summed E-state index contributed by atoms with van der Waals surface area (Å²) < 4.78 is 1.63. The second-order valence-electron chi connectivity index (χ2n) is 3.48. The van der Waals surface area contributed by atoms with E-state index in [9.17, 15) is 4.79 Å². The van der Waals surface area contributed by atoms with Crippen molar-refractivity contribution < 1.29 is 4.79 Å². The molecule has 0 fully saturated rings. The van der Waals surface area contributed by atoms with E-state index >= 15 is 0 Å². The molecule has 1 aromatic carbocycles. The van der Waals surface area contributed by atoms with Crippen molar-refractivity contribution in [2.75, 3.05) is 0 Å². The summed E-state index contributed by atoms with van der Waals surface area (Å²) in [4.78, 5) is 11.2. The molecule has 0 aliphatic heterocycles. The molecule has 5 heteroatoms. The molecule has 1 aromatic heterocycles. The van der Waals surface area contributed by atoms with Gasteiger partial charge in [-0.3, -0.25) is 10.2 Å². The fourth-order valence-corrected chi connectivity index (χ4v) is 1.36. The first-order chi connectivity index (χ1) is 7.70. The maximum absolute atomic E-state index is 11.2. The molecule has 82 valence electrons. The third-order valence-electron chi connectivity index (χ3n) is 2.27. The van der Waals surface area contributed by atoms with Gasteiger partial charge in [0.1, 0.15) is 0 Å². The van der Waals surface area contributed by atoms with Crippen LogP contribution in [0.5, 0.6) is 0 Å². The summed E-state index contributed by atoms with van der Waals surface area (Å²) in [5.41, 5.74) is 4.58. The summed E-state index contributed by atoms with van der Waals surface area (Å²) in [5, 5.41) is 4.09. The molecule has 0 saturated carbocycles. The van der Waals surface area contributed by atoms with Gasteiger partial charge in [-0.2, -0.15) is 5.10 Å². The highest BCUT2D eigenvalue weighted by Gasteiger charge is 2.07. The van der Waals surface area contributed by atoms with E-state index in [1.54, 1.807) is 10.9 Å². The van der Waals surface area contributed by atoms with Gasteiger partial charge in [-0.15, -0.1) is 0 Å². The van der Waals surface area contributed by atoms with Crippen molar-refractivity contribution >= 4 is 5.91 Å². The highest BCUT2D eigenvalue weighted by molar-refractivity contribution is 5.93. The van der Waals surface area contributed by atoms with Crippen LogP contribution >= 0.6 is 0 Å². The molecule has 3 N–H and O–H groups in total. The van der Waals surface area contributed by atoms with Gasteiger partial charge < -0.3 is 0 Å². The van der Waals surface area contributed by atoms with Crippen molar-refractivity contribution in [3.05, 3.63) is 47.8 Å². The Hall–Kier alpha value is -2.14. The van der Waals surface area contributed by atoms with Gasteiger partial charge in [0.25, 0.3) is 5.91 Å². The number of carbonyl (C=O) groups excluding carboxylic acids is 1. The molecule has 0 saturated heterocycles. The zero-order valence-corrected chi connectivity index (χ0v) is 8.84. The van der Waals surface area contributed by atoms with Crippen LogP contribution in [0.1, 0.15) is 15.9 Å². The SMILES string of the molecule is Cc1ccc(-n2cc(C(=O)NN)cn2)cc1. The predicted molar refractivity (Wildman–Crippen MR) is 60.0 cm³/mol. The highest BCUT2D eigenvalue weighted by atomic mass is 16.2. The lowest BCUT2D eigenvalue weighted by Crippen LogP contribution is -2.29. The maximum Gasteiger partial charge on any atom is 0.268 e. The maximum atomic E-state index is 11.2. The van der Waals surface area contributed by atoms with Gasteiger partial charge in [0.15, 0.2) is 0 Å². The van der Waals surface area contributed by atoms with Crippen LogP contribution in [-0.4, -0.2) is 15.7 Å². The minimum atomic E-state index is -0.349. The third kappa shape index (κ3) is 1.94. The average Bonchev–Trinajstić information content (AvgIpc) is 2.78. The molecule has 0 aliphatic carbocycles. The van der Waals surface area contributed by atoms with E-state index in [0.717, 1.165) is 5.69 Å². The zero-order chi connectivity index (χ0) is 11.5. The van der Waals surface area contributed by atoms with Gasteiger partial charge in [0, 0.05) is 6.20 Å². The van der Waals surface area contributed by atoms with E-state index in [1.165, 1.54) is 11.8 Å². The number of nitrogen functional groups attached to an aromatic ring is 1. The second-order valence-corrected chi connectivity index (χ2v) is 3.48. The summed E-state index contributed by atoms with van der Waals surface area (Å²) in [7, 11) is 0. The molecule has 1 heterocycles. The summed E-state index contributed by atoms with van der Waals surface area (Å²) in [6.07, 6.45) is 3.11. The number of nitrogens with zero attached hydrogens (tertiary/aromatic N) is 2. The average molecular weight is 216 g/mol. The number of carbonyl (C=O) groups is 1.